The maximum Gasteiger partial charge on any atom is 0.254 e. The summed E-state index contributed by atoms with van der Waals surface area (Å²) in [6, 6.07) is 17.2. The van der Waals surface area contributed by atoms with Gasteiger partial charge in [0.1, 0.15) is 0 Å². The van der Waals surface area contributed by atoms with Crippen LogP contribution in [0.2, 0.25) is 0 Å². The molecule has 2 aliphatic rings. The van der Waals surface area contributed by atoms with E-state index in [2.05, 4.69) is 4.90 Å². The van der Waals surface area contributed by atoms with Crippen molar-refractivity contribution in [3.8, 4) is 0 Å². The van der Waals surface area contributed by atoms with Crippen molar-refractivity contribution in [1.29, 1.82) is 0 Å². The van der Waals surface area contributed by atoms with E-state index in [4.69, 9.17) is 4.74 Å². The number of carbonyl (C=O) groups is 2. The van der Waals surface area contributed by atoms with E-state index in [1.54, 1.807) is 0 Å². The maximum absolute atomic E-state index is 12.7. The zero-order valence-electron chi connectivity index (χ0n) is 17.5. The van der Waals surface area contributed by atoms with Crippen LogP contribution in [-0.4, -0.2) is 85.0 Å². The van der Waals surface area contributed by atoms with Crippen molar-refractivity contribution in [2.24, 2.45) is 0 Å². The highest BCUT2D eigenvalue weighted by atomic mass is 16.5. The maximum atomic E-state index is 12.7. The van der Waals surface area contributed by atoms with E-state index in [9.17, 15) is 9.59 Å². The lowest BCUT2D eigenvalue weighted by Crippen LogP contribution is -2.54. The van der Waals surface area contributed by atoms with Gasteiger partial charge in [-0.2, -0.15) is 0 Å². The molecule has 0 saturated carbocycles. The number of piperazine rings is 1. The number of nitrogens with zero attached hydrogens (tertiary/aromatic N) is 3. The molecule has 2 saturated heterocycles. The third-order valence-electron chi connectivity index (χ3n) is 5.87. The fraction of sp³-hybridized carbons (Fsp3) is 0.417. The van der Waals surface area contributed by atoms with Gasteiger partial charge in [-0.1, -0.05) is 35.9 Å². The Morgan fingerprint density at radius 3 is 2.17 bits per heavy atom. The largest absolute Gasteiger partial charge is 0.373 e. The summed E-state index contributed by atoms with van der Waals surface area (Å²) >= 11 is 0. The molecule has 0 aliphatic carbocycles. The van der Waals surface area contributed by atoms with Crippen LogP contribution in [0.4, 0.5) is 0 Å². The number of amides is 2. The van der Waals surface area contributed by atoms with E-state index in [0.717, 1.165) is 36.3 Å². The highest BCUT2D eigenvalue weighted by molar-refractivity contribution is 5.94. The number of hydrogen-bond acceptors (Lipinski definition) is 4. The predicted molar refractivity (Wildman–Crippen MR) is 116 cm³/mol. The summed E-state index contributed by atoms with van der Waals surface area (Å²) in [7, 11) is 0. The quantitative estimate of drug-likeness (QED) is 0.781. The third kappa shape index (κ3) is 4.89. The fourth-order valence-electron chi connectivity index (χ4n) is 4.08. The lowest BCUT2D eigenvalue weighted by atomic mass is 10.1. The Hall–Kier alpha value is -2.70. The van der Waals surface area contributed by atoms with Crippen LogP contribution in [0.1, 0.15) is 26.3 Å². The van der Waals surface area contributed by atoms with E-state index in [0.29, 0.717) is 32.8 Å². The number of morpholine rings is 1. The predicted octanol–water partition coefficient (Wildman–Crippen LogP) is 2.29. The van der Waals surface area contributed by atoms with E-state index in [1.165, 1.54) is 0 Å². The molecule has 2 heterocycles. The molecule has 2 aliphatic heterocycles. The summed E-state index contributed by atoms with van der Waals surface area (Å²) in [5, 5.41) is 0. The number of benzene rings is 2. The molecule has 2 fully saturated rings. The molecule has 1 unspecified atom stereocenters. The zero-order chi connectivity index (χ0) is 20.9. The minimum absolute atomic E-state index is 0.00534. The van der Waals surface area contributed by atoms with Crippen molar-refractivity contribution in [3.63, 3.8) is 0 Å². The second-order valence-electron chi connectivity index (χ2n) is 8.07. The molecule has 6 nitrogen and oxygen atoms in total. The lowest BCUT2D eigenvalue weighted by Gasteiger charge is -2.39. The molecule has 158 valence electrons. The van der Waals surface area contributed by atoms with Gasteiger partial charge in [-0.3, -0.25) is 14.5 Å². The van der Waals surface area contributed by atoms with Gasteiger partial charge in [-0.15, -0.1) is 0 Å². The first-order chi connectivity index (χ1) is 14.6. The van der Waals surface area contributed by atoms with Crippen molar-refractivity contribution in [1.82, 2.24) is 14.7 Å². The lowest BCUT2D eigenvalue weighted by molar-refractivity contribution is -0.0399. The first-order valence-electron chi connectivity index (χ1n) is 10.6. The summed E-state index contributed by atoms with van der Waals surface area (Å²) in [4.78, 5) is 31.6. The third-order valence-corrected chi connectivity index (χ3v) is 5.87. The van der Waals surface area contributed by atoms with Crippen LogP contribution in [0.15, 0.2) is 54.6 Å². The summed E-state index contributed by atoms with van der Waals surface area (Å²) in [5.74, 6) is 0.167. The molecule has 6 heteroatoms. The monoisotopic (exact) mass is 407 g/mol. The number of hydrogen-bond donors (Lipinski definition) is 0. The Morgan fingerprint density at radius 2 is 1.47 bits per heavy atom. The van der Waals surface area contributed by atoms with Gasteiger partial charge in [-0.05, 0) is 31.2 Å². The van der Waals surface area contributed by atoms with Gasteiger partial charge in [0.05, 0.1) is 12.7 Å². The number of rotatable bonds is 4. The number of aryl methyl sites for hydroxylation is 1. The average molecular weight is 408 g/mol. The molecule has 2 aromatic rings. The standard InChI is InChI=1S/C24H29N3O3/c1-19-7-9-21(10-8-19)23(28)26-13-11-25(12-14-26)17-22-18-27(15-16-30-22)24(29)20-5-3-2-4-6-20/h2-10,22H,11-18H2,1H3. The molecule has 0 bridgehead atoms. The molecule has 0 N–H and O–H groups in total. The van der Waals surface area contributed by atoms with Crippen molar-refractivity contribution in [2.75, 3.05) is 52.4 Å². The van der Waals surface area contributed by atoms with E-state index in [-0.39, 0.29) is 17.9 Å². The summed E-state index contributed by atoms with van der Waals surface area (Å²) in [6.45, 7) is 7.68. The topological polar surface area (TPSA) is 53.1 Å². The number of carbonyl (C=O) groups excluding carboxylic acids is 2. The molecule has 2 amide bonds. The van der Waals surface area contributed by atoms with Gasteiger partial charge in [0.2, 0.25) is 0 Å². The van der Waals surface area contributed by atoms with Crippen LogP contribution in [0.25, 0.3) is 0 Å². The first-order valence-corrected chi connectivity index (χ1v) is 10.6. The average Bonchev–Trinajstić information content (AvgIpc) is 2.80. The molecule has 0 spiro atoms. The van der Waals surface area contributed by atoms with Crippen LogP contribution in [-0.2, 0) is 4.74 Å². The summed E-state index contributed by atoms with van der Waals surface area (Å²) in [5.41, 5.74) is 2.63. The van der Waals surface area contributed by atoms with Crippen LogP contribution in [0.3, 0.4) is 0 Å². The molecule has 2 aromatic carbocycles. The van der Waals surface area contributed by atoms with Gasteiger partial charge in [-0.25, -0.2) is 0 Å². The summed E-state index contributed by atoms with van der Waals surface area (Å²) < 4.78 is 5.94. The molecule has 0 aromatic heterocycles. The Morgan fingerprint density at radius 1 is 0.833 bits per heavy atom. The second kappa shape index (κ2) is 9.41. The summed E-state index contributed by atoms with van der Waals surface area (Å²) in [6.07, 6.45) is 0.00534. The van der Waals surface area contributed by atoms with E-state index >= 15 is 0 Å². The van der Waals surface area contributed by atoms with Crippen LogP contribution < -0.4 is 0 Å². The van der Waals surface area contributed by atoms with Crippen molar-refractivity contribution >= 4 is 11.8 Å². The van der Waals surface area contributed by atoms with Crippen LogP contribution >= 0.6 is 0 Å². The highest BCUT2D eigenvalue weighted by Gasteiger charge is 2.28. The Kier molecular flexibility index (Phi) is 6.45. The highest BCUT2D eigenvalue weighted by Crippen LogP contribution is 2.14. The number of ether oxygens (including phenoxy) is 1. The van der Waals surface area contributed by atoms with Crippen LogP contribution in [0.5, 0.6) is 0 Å². The first kappa shape index (κ1) is 20.6. The Balaban J connectivity index is 1.27. The normalized spacial score (nSPS) is 20.2. The molecular weight excluding hydrogens is 378 g/mol. The smallest absolute Gasteiger partial charge is 0.254 e. The SMILES string of the molecule is Cc1ccc(C(=O)N2CCN(CC3CN(C(=O)c4ccccc4)CCO3)CC2)cc1. The Labute approximate surface area is 178 Å². The van der Waals surface area contributed by atoms with Gasteiger partial charge < -0.3 is 14.5 Å². The molecule has 0 radical (unpaired) electrons. The van der Waals surface area contributed by atoms with Gasteiger partial charge in [0.15, 0.2) is 0 Å². The zero-order valence-corrected chi connectivity index (χ0v) is 17.5. The molecule has 30 heavy (non-hydrogen) atoms. The minimum atomic E-state index is 0.00534. The van der Waals surface area contributed by atoms with Gasteiger partial charge in [0.25, 0.3) is 11.8 Å². The molecule has 4 rings (SSSR count). The van der Waals surface area contributed by atoms with Crippen molar-refractivity contribution in [3.05, 3.63) is 71.3 Å². The van der Waals surface area contributed by atoms with Crippen molar-refractivity contribution in [2.45, 2.75) is 13.0 Å². The van der Waals surface area contributed by atoms with Gasteiger partial charge in [0, 0.05) is 56.9 Å². The molecule has 1 atom stereocenters. The van der Waals surface area contributed by atoms with E-state index < -0.39 is 0 Å². The second-order valence-corrected chi connectivity index (χ2v) is 8.07. The fourth-order valence-corrected chi connectivity index (χ4v) is 4.08. The van der Waals surface area contributed by atoms with E-state index in [1.807, 2.05) is 71.3 Å². The van der Waals surface area contributed by atoms with Crippen molar-refractivity contribution < 1.29 is 14.3 Å². The Bertz CT molecular complexity index is 861. The van der Waals surface area contributed by atoms with Crippen LogP contribution in [0, 0.1) is 6.92 Å². The minimum Gasteiger partial charge on any atom is -0.373 e. The van der Waals surface area contributed by atoms with Gasteiger partial charge >= 0.3 is 0 Å². The molecular formula is C24H29N3O3.